The van der Waals surface area contributed by atoms with Crippen LogP contribution < -0.4 is 10.1 Å². The van der Waals surface area contributed by atoms with Crippen LogP contribution in [0.25, 0.3) is 0 Å². The van der Waals surface area contributed by atoms with Crippen molar-refractivity contribution in [3.05, 3.63) is 29.0 Å². The minimum atomic E-state index is -0.336. The Morgan fingerprint density at radius 1 is 1.45 bits per heavy atom. The summed E-state index contributed by atoms with van der Waals surface area (Å²) in [5, 5.41) is 3.92. The zero-order valence-corrected chi connectivity index (χ0v) is 13.1. The molecule has 1 fully saturated rings. The molecule has 1 aliphatic carbocycles. The molecule has 0 spiro atoms. The summed E-state index contributed by atoms with van der Waals surface area (Å²) in [7, 11) is 0. The highest BCUT2D eigenvalue weighted by Crippen LogP contribution is 2.46. The van der Waals surface area contributed by atoms with Crippen LogP contribution in [-0.4, -0.2) is 18.7 Å². The van der Waals surface area contributed by atoms with Crippen molar-refractivity contribution >= 4 is 11.6 Å². The molecular formula is C16H23ClFNO. The molecule has 1 N–H and O–H groups in total. The van der Waals surface area contributed by atoms with E-state index >= 15 is 0 Å². The first kappa shape index (κ1) is 15.6. The molecule has 0 radical (unpaired) electrons. The third kappa shape index (κ3) is 2.94. The van der Waals surface area contributed by atoms with Gasteiger partial charge >= 0.3 is 0 Å². The summed E-state index contributed by atoms with van der Waals surface area (Å²) < 4.78 is 19.1. The summed E-state index contributed by atoms with van der Waals surface area (Å²) in [6, 6.07) is 4.78. The van der Waals surface area contributed by atoms with Gasteiger partial charge in [0.15, 0.2) is 0 Å². The molecule has 1 aromatic rings. The van der Waals surface area contributed by atoms with E-state index in [4.69, 9.17) is 16.3 Å². The maximum absolute atomic E-state index is 13.1. The van der Waals surface area contributed by atoms with Crippen molar-refractivity contribution in [3.8, 4) is 5.75 Å². The number of hydrogen-bond acceptors (Lipinski definition) is 2. The lowest BCUT2D eigenvalue weighted by atomic mass is 9.61. The van der Waals surface area contributed by atoms with Gasteiger partial charge in [0.25, 0.3) is 0 Å². The van der Waals surface area contributed by atoms with Crippen molar-refractivity contribution in [2.24, 2.45) is 5.41 Å². The van der Waals surface area contributed by atoms with E-state index in [1.165, 1.54) is 12.1 Å². The van der Waals surface area contributed by atoms with Gasteiger partial charge in [0.1, 0.15) is 17.7 Å². The topological polar surface area (TPSA) is 21.3 Å². The van der Waals surface area contributed by atoms with E-state index < -0.39 is 0 Å². The third-order valence-corrected chi connectivity index (χ3v) is 4.84. The molecule has 3 unspecified atom stereocenters. The first-order valence-electron chi connectivity index (χ1n) is 7.36. The number of nitrogens with one attached hydrogen (secondary N) is 1. The van der Waals surface area contributed by atoms with Crippen LogP contribution in [0.1, 0.15) is 40.0 Å². The maximum atomic E-state index is 13.1. The van der Waals surface area contributed by atoms with E-state index in [1.807, 2.05) is 0 Å². The predicted molar refractivity (Wildman–Crippen MR) is 80.9 cm³/mol. The van der Waals surface area contributed by atoms with Crippen molar-refractivity contribution in [2.75, 3.05) is 6.54 Å². The quantitative estimate of drug-likeness (QED) is 0.840. The van der Waals surface area contributed by atoms with Crippen molar-refractivity contribution in [3.63, 3.8) is 0 Å². The molecule has 4 heteroatoms. The predicted octanol–water partition coefficient (Wildman–Crippen LogP) is 4.41. The molecule has 1 aliphatic rings. The summed E-state index contributed by atoms with van der Waals surface area (Å²) in [6.45, 7) is 7.62. The molecule has 3 atom stereocenters. The van der Waals surface area contributed by atoms with E-state index in [0.29, 0.717) is 16.8 Å². The molecule has 20 heavy (non-hydrogen) atoms. The van der Waals surface area contributed by atoms with Gasteiger partial charge < -0.3 is 10.1 Å². The van der Waals surface area contributed by atoms with Crippen molar-refractivity contribution in [1.82, 2.24) is 5.32 Å². The SMILES string of the molecule is CCCNC1CC(Oc2ccc(F)cc2Cl)C1(C)CC. The lowest BCUT2D eigenvalue weighted by Crippen LogP contribution is -2.63. The van der Waals surface area contributed by atoms with E-state index in [0.717, 1.165) is 25.8 Å². The van der Waals surface area contributed by atoms with Gasteiger partial charge in [-0.05, 0) is 37.6 Å². The van der Waals surface area contributed by atoms with Crippen LogP contribution in [-0.2, 0) is 0 Å². The Hall–Kier alpha value is -0.800. The van der Waals surface area contributed by atoms with Gasteiger partial charge in [-0.3, -0.25) is 0 Å². The van der Waals surface area contributed by atoms with Crippen molar-refractivity contribution in [2.45, 2.75) is 52.2 Å². The minimum Gasteiger partial charge on any atom is -0.488 e. The van der Waals surface area contributed by atoms with E-state index in [1.54, 1.807) is 6.07 Å². The number of benzene rings is 1. The summed E-state index contributed by atoms with van der Waals surface area (Å²) in [5.41, 5.74) is 0.104. The molecule has 0 bridgehead atoms. The molecule has 2 rings (SSSR count). The molecule has 2 nitrogen and oxygen atoms in total. The van der Waals surface area contributed by atoms with Gasteiger partial charge in [-0.2, -0.15) is 0 Å². The molecule has 1 saturated carbocycles. The Bertz CT molecular complexity index is 468. The monoisotopic (exact) mass is 299 g/mol. The van der Waals surface area contributed by atoms with Crippen LogP contribution in [0.5, 0.6) is 5.75 Å². The van der Waals surface area contributed by atoms with Crippen LogP contribution in [0.2, 0.25) is 5.02 Å². The first-order chi connectivity index (χ1) is 9.51. The Kier molecular flexibility index (Phi) is 4.92. The van der Waals surface area contributed by atoms with Gasteiger partial charge in [-0.25, -0.2) is 4.39 Å². The molecule has 0 aliphatic heterocycles. The zero-order chi connectivity index (χ0) is 14.8. The van der Waals surface area contributed by atoms with E-state index in [-0.39, 0.29) is 17.3 Å². The van der Waals surface area contributed by atoms with Crippen LogP contribution in [0.3, 0.4) is 0 Å². The summed E-state index contributed by atoms with van der Waals surface area (Å²) in [6.07, 6.45) is 3.27. The zero-order valence-electron chi connectivity index (χ0n) is 12.4. The van der Waals surface area contributed by atoms with E-state index in [2.05, 4.69) is 26.1 Å². The largest absolute Gasteiger partial charge is 0.488 e. The number of ether oxygens (including phenoxy) is 1. The lowest BCUT2D eigenvalue weighted by Gasteiger charge is -2.53. The fourth-order valence-electron chi connectivity index (χ4n) is 2.83. The van der Waals surface area contributed by atoms with Crippen LogP contribution in [0, 0.1) is 11.2 Å². The van der Waals surface area contributed by atoms with Gasteiger partial charge in [-0.15, -0.1) is 0 Å². The molecule has 0 aromatic heterocycles. The third-order valence-electron chi connectivity index (χ3n) is 4.55. The molecule has 0 heterocycles. The standard InChI is InChI=1S/C16H23ClFNO/c1-4-8-19-14-10-15(16(14,3)5-2)20-13-7-6-11(18)9-12(13)17/h6-7,9,14-15,19H,4-5,8,10H2,1-3H3. The minimum absolute atomic E-state index is 0.104. The Morgan fingerprint density at radius 3 is 2.80 bits per heavy atom. The molecule has 1 aromatic carbocycles. The number of halogens is 2. The highest BCUT2D eigenvalue weighted by molar-refractivity contribution is 6.32. The average Bonchev–Trinajstić information content (AvgIpc) is 2.43. The van der Waals surface area contributed by atoms with Crippen LogP contribution in [0.15, 0.2) is 18.2 Å². The van der Waals surface area contributed by atoms with Crippen LogP contribution in [0.4, 0.5) is 4.39 Å². The lowest BCUT2D eigenvalue weighted by molar-refractivity contribution is -0.0701. The number of rotatable bonds is 6. The van der Waals surface area contributed by atoms with Gasteiger partial charge in [0.05, 0.1) is 5.02 Å². The van der Waals surface area contributed by atoms with Gasteiger partial charge in [0, 0.05) is 17.9 Å². The maximum Gasteiger partial charge on any atom is 0.138 e. The summed E-state index contributed by atoms with van der Waals surface area (Å²) >= 11 is 6.03. The van der Waals surface area contributed by atoms with Gasteiger partial charge in [-0.1, -0.05) is 32.4 Å². The Labute approximate surface area is 125 Å². The van der Waals surface area contributed by atoms with Crippen LogP contribution >= 0.6 is 11.6 Å². The number of hydrogen-bond donors (Lipinski definition) is 1. The van der Waals surface area contributed by atoms with Crippen molar-refractivity contribution < 1.29 is 9.13 Å². The fraction of sp³-hybridized carbons (Fsp3) is 0.625. The second-order valence-corrected chi connectivity index (χ2v) is 6.19. The normalized spacial score (nSPS) is 29.1. The Balaban J connectivity index is 2.03. The highest BCUT2D eigenvalue weighted by Gasteiger charge is 2.51. The first-order valence-corrected chi connectivity index (χ1v) is 7.74. The summed E-state index contributed by atoms with van der Waals surface area (Å²) in [4.78, 5) is 0. The second-order valence-electron chi connectivity index (χ2n) is 5.78. The Morgan fingerprint density at radius 2 is 2.20 bits per heavy atom. The highest BCUT2D eigenvalue weighted by atomic mass is 35.5. The average molecular weight is 300 g/mol. The molecule has 0 saturated heterocycles. The smallest absolute Gasteiger partial charge is 0.138 e. The fourth-order valence-corrected chi connectivity index (χ4v) is 3.04. The second kappa shape index (κ2) is 6.31. The van der Waals surface area contributed by atoms with E-state index in [9.17, 15) is 4.39 Å². The summed E-state index contributed by atoms with van der Waals surface area (Å²) in [5.74, 6) is 0.239. The van der Waals surface area contributed by atoms with Gasteiger partial charge in [0.2, 0.25) is 0 Å². The molecule has 0 amide bonds. The van der Waals surface area contributed by atoms with Crippen molar-refractivity contribution in [1.29, 1.82) is 0 Å². The molecule has 112 valence electrons. The molecular weight excluding hydrogens is 277 g/mol.